The maximum Gasteiger partial charge on any atom is 0.225 e. The molecule has 0 amide bonds. The summed E-state index contributed by atoms with van der Waals surface area (Å²) in [5.41, 5.74) is 6.55. The molecule has 0 radical (unpaired) electrons. The minimum absolute atomic E-state index is 0.505. The van der Waals surface area contributed by atoms with Crippen LogP contribution in [0.3, 0.4) is 0 Å². The van der Waals surface area contributed by atoms with Gasteiger partial charge in [0.05, 0.1) is 10.7 Å². The van der Waals surface area contributed by atoms with Crippen molar-refractivity contribution in [3.63, 3.8) is 0 Å². The van der Waals surface area contributed by atoms with Crippen molar-refractivity contribution in [3.8, 4) is 0 Å². The zero-order valence-electron chi connectivity index (χ0n) is 11.6. The summed E-state index contributed by atoms with van der Waals surface area (Å²) in [5.74, 6) is 1.29. The van der Waals surface area contributed by atoms with Crippen LogP contribution in [0.15, 0.2) is 30.6 Å². The number of piperazine rings is 1. The molecule has 2 N–H and O–H groups in total. The van der Waals surface area contributed by atoms with Gasteiger partial charge in [-0.3, -0.25) is 4.90 Å². The summed E-state index contributed by atoms with van der Waals surface area (Å²) in [7, 11) is 0. The van der Waals surface area contributed by atoms with E-state index in [1.807, 2.05) is 6.07 Å². The number of rotatable bonds is 3. The number of nitrogens with two attached hydrogens (primary N) is 1. The number of hydrogen-bond donors (Lipinski definition) is 1. The number of pyridine rings is 1. The fourth-order valence-electron chi connectivity index (χ4n) is 2.38. The van der Waals surface area contributed by atoms with Crippen molar-refractivity contribution in [1.82, 2.24) is 19.9 Å². The second kappa shape index (κ2) is 6.24. The minimum Gasteiger partial charge on any atom is -0.384 e. The van der Waals surface area contributed by atoms with Crippen LogP contribution in [-0.4, -0.2) is 46.0 Å². The van der Waals surface area contributed by atoms with E-state index in [0.29, 0.717) is 17.4 Å². The first-order valence-electron chi connectivity index (χ1n) is 6.87. The molecule has 0 saturated carbocycles. The molecule has 1 saturated heterocycles. The lowest BCUT2D eigenvalue weighted by molar-refractivity contribution is 0.246. The van der Waals surface area contributed by atoms with E-state index >= 15 is 0 Å². The van der Waals surface area contributed by atoms with Gasteiger partial charge in [0.15, 0.2) is 0 Å². The molecule has 0 aliphatic carbocycles. The molecular weight excluding hydrogens is 288 g/mol. The summed E-state index contributed by atoms with van der Waals surface area (Å²) in [6.07, 6.45) is 3.54. The van der Waals surface area contributed by atoms with Crippen molar-refractivity contribution in [3.05, 3.63) is 41.3 Å². The second-order valence-corrected chi connectivity index (χ2v) is 5.38. The van der Waals surface area contributed by atoms with Crippen LogP contribution in [0.1, 0.15) is 5.69 Å². The fourth-order valence-corrected chi connectivity index (χ4v) is 2.55. The number of halogens is 1. The Hall–Kier alpha value is -1.92. The third-order valence-corrected chi connectivity index (χ3v) is 3.86. The van der Waals surface area contributed by atoms with E-state index in [4.69, 9.17) is 17.3 Å². The maximum absolute atomic E-state index is 6.16. The first-order valence-corrected chi connectivity index (χ1v) is 7.25. The van der Waals surface area contributed by atoms with Crippen LogP contribution in [-0.2, 0) is 6.54 Å². The Morgan fingerprint density at radius 3 is 2.52 bits per heavy atom. The van der Waals surface area contributed by atoms with Gasteiger partial charge in [0.25, 0.3) is 0 Å². The molecule has 1 aliphatic heterocycles. The van der Waals surface area contributed by atoms with Crippen molar-refractivity contribution in [1.29, 1.82) is 0 Å². The highest BCUT2D eigenvalue weighted by molar-refractivity contribution is 6.31. The molecule has 1 fully saturated rings. The topological polar surface area (TPSA) is 71.2 Å². The molecule has 0 aromatic carbocycles. The summed E-state index contributed by atoms with van der Waals surface area (Å²) in [5, 5.41) is 0.665. The van der Waals surface area contributed by atoms with E-state index in [1.54, 1.807) is 24.5 Å². The molecule has 1 aliphatic rings. The summed E-state index contributed by atoms with van der Waals surface area (Å²) < 4.78 is 0. The number of anilines is 2. The van der Waals surface area contributed by atoms with Crippen molar-refractivity contribution in [2.45, 2.75) is 6.54 Å². The Morgan fingerprint density at radius 2 is 1.81 bits per heavy atom. The fraction of sp³-hybridized carbons (Fsp3) is 0.357. The van der Waals surface area contributed by atoms with Crippen LogP contribution < -0.4 is 10.6 Å². The molecule has 0 spiro atoms. The Balaban J connectivity index is 1.60. The Morgan fingerprint density at radius 1 is 1.10 bits per heavy atom. The van der Waals surface area contributed by atoms with Gasteiger partial charge in [0.2, 0.25) is 5.95 Å². The van der Waals surface area contributed by atoms with E-state index < -0.39 is 0 Å². The molecule has 3 rings (SSSR count). The van der Waals surface area contributed by atoms with Crippen molar-refractivity contribution in [2.24, 2.45) is 0 Å². The molecule has 0 unspecified atom stereocenters. The number of hydrogen-bond acceptors (Lipinski definition) is 6. The van der Waals surface area contributed by atoms with E-state index in [0.717, 1.165) is 37.8 Å². The van der Waals surface area contributed by atoms with E-state index in [1.165, 1.54) is 0 Å². The first-order chi connectivity index (χ1) is 10.2. The molecule has 6 nitrogen and oxygen atoms in total. The van der Waals surface area contributed by atoms with Gasteiger partial charge in [-0.25, -0.2) is 15.0 Å². The predicted octanol–water partition coefficient (Wildman–Crippen LogP) is 1.43. The van der Waals surface area contributed by atoms with Gasteiger partial charge in [0.1, 0.15) is 5.82 Å². The highest BCUT2D eigenvalue weighted by Gasteiger charge is 2.19. The molecule has 3 heterocycles. The van der Waals surface area contributed by atoms with Crippen LogP contribution in [0.2, 0.25) is 5.02 Å². The van der Waals surface area contributed by atoms with Crippen LogP contribution in [0.25, 0.3) is 0 Å². The van der Waals surface area contributed by atoms with Gasteiger partial charge in [-0.1, -0.05) is 11.6 Å². The SMILES string of the molecule is Nc1ccc(Cl)c(CN2CCN(c3ncccn3)CC2)n1. The monoisotopic (exact) mass is 304 g/mol. The van der Waals surface area contributed by atoms with Gasteiger partial charge < -0.3 is 10.6 Å². The summed E-state index contributed by atoms with van der Waals surface area (Å²) in [4.78, 5) is 17.4. The van der Waals surface area contributed by atoms with E-state index in [9.17, 15) is 0 Å². The molecule has 21 heavy (non-hydrogen) atoms. The van der Waals surface area contributed by atoms with Gasteiger partial charge in [0, 0.05) is 45.1 Å². The summed E-state index contributed by atoms with van der Waals surface area (Å²) in [6, 6.07) is 5.34. The Labute approximate surface area is 128 Å². The normalized spacial score (nSPS) is 16.1. The molecule has 0 atom stereocenters. The lowest BCUT2D eigenvalue weighted by Gasteiger charge is -2.34. The number of aromatic nitrogens is 3. The van der Waals surface area contributed by atoms with Crippen molar-refractivity contribution >= 4 is 23.4 Å². The Kier molecular flexibility index (Phi) is 4.17. The zero-order chi connectivity index (χ0) is 14.7. The van der Waals surface area contributed by atoms with Crippen molar-refractivity contribution < 1.29 is 0 Å². The quantitative estimate of drug-likeness (QED) is 0.925. The van der Waals surface area contributed by atoms with Crippen LogP contribution >= 0.6 is 11.6 Å². The highest BCUT2D eigenvalue weighted by atomic mass is 35.5. The molecule has 2 aromatic heterocycles. The van der Waals surface area contributed by atoms with Crippen LogP contribution in [0.4, 0.5) is 11.8 Å². The Bertz CT molecular complexity index is 598. The summed E-state index contributed by atoms with van der Waals surface area (Å²) >= 11 is 6.16. The van der Waals surface area contributed by atoms with E-state index in [2.05, 4.69) is 24.8 Å². The highest BCUT2D eigenvalue weighted by Crippen LogP contribution is 2.18. The average molecular weight is 305 g/mol. The first kappa shape index (κ1) is 14.0. The lowest BCUT2D eigenvalue weighted by Crippen LogP contribution is -2.46. The van der Waals surface area contributed by atoms with Crippen molar-refractivity contribution in [2.75, 3.05) is 36.8 Å². The minimum atomic E-state index is 0.505. The molecular formula is C14H17ClN6. The predicted molar refractivity (Wildman–Crippen MR) is 83.2 cm³/mol. The van der Waals surface area contributed by atoms with Gasteiger partial charge in [-0.05, 0) is 18.2 Å². The van der Waals surface area contributed by atoms with Crippen LogP contribution in [0.5, 0.6) is 0 Å². The smallest absolute Gasteiger partial charge is 0.225 e. The number of nitrogen functional groups attached to an aromatic ring is 1. The molecule has 2 aromatic rings. The molecule has 7 heteroatoms. The standard InChI is InChI=1S/C14H17ClN6/c15-11-2-3-13(16)19-12(11)10-20-6-8-21(9-7-20)14-17-4-1-5-18-14/h1-5H,6-10H2,(H2,16,19). The van der Waals surface area contributed by atoms with Gasteiger partial charge >= 0.3 is 0 Å². The number of nitrogens with zero attached hydrogens (tertiary/aromatic N) is 5. The van der Waals surface area contributed by atoms with E-state index in [-0.39, 0.29) is 0 Å². The molecule has 0 bridgehead atoms. The second-order valence-electron chi connectivity index (χ2n) is 4.98. The largest absolute Gasteiger partial charge is 0.384 e. The lowest BCUT2D eigenvalue weighted by atomic mass is 10.2. The maximum atomic E-state index is 6.16. The van der Waals surface area contributed by atoms with Gasteiger partial charge in [-0.2, -0.15) is 0 Å². The van der Waals surface area contributed by atoms with Crippen LogP contribution in [0, 0.1) is 0 Å². The summed E-state index contributed by atoms with van der Waals surface area (Å²) in [6.45, 7) is 4.34. The third-order valence-electron chi connectivity index (χ3n) is 3.52. The average Bonchev–Trinajstić information content (AvgIpc) is 2.53. The van der Waals surface area contributed by atoms with Gasteiger partial charge in [-0.15, -0.1) is 0 Å². The third kappa shape index (κ3) is 3.40. The zero-order valence-corrected chi connectivity index (χ0v) is 12.4. The molecule has 110 valence electrons.